The zero-order chi connectivity index (χ0) is 29.6. The monoisotopic (exact) mass is 572 g/mol. The van der Waals surface area contributed by atoms with Crippen molar-refractivity contribution in [2.24, 2.45) is 0 Å². The topological polar surface area (TPSA) is 44.8 Å². The van der Waals surface area contributed by atoms with Crippen molar-refractivity contribution < 1.29 is 19.0 Å². The van der Waals surface area contributed by atoms with Gasteiger partial charge in [0.05, 0.1) is 19.8 Å². The summed E-state index contributed by atoms with van der Waals surface area (Å²) in [5, 5.41) is 0. The number of benzene rings is 1. The zero-order valence-electron chi connectivity index (χ0n) is 27.2. The van der Waals surface area contributed by atoms with Crippen molar-refractivity contribution in [1.29, 1.82) is 0 Å². The lowest BCUT2D eigenvalue weighted by Gasteiger charge is -2.14. The van der Waals surface area contributed by atoms with Gasteiger partial charge in [-0.25, -0.2) is 4.79 Å². The Hall–Kier alpha value is -1.97. The highest BCUT2D eigenvalue weighted by Crippen LogP contribution is 2.30. The summed E-state index contributed by atoms with van der Waals surface area (Å²) in [5.41, 5.74) is 0.918. The molecular formula is C37H64O4. The molecule has 236 valence electrons. The average molecular weight is 573 g/mol. The van der Waals surface area contributed by atoms with Crippen LogP contribution in [0.15, 0.2) is 24.3 Å². The Morgan fingerprint density at radius 3 is 1.46 bits per heavy atom. The fourth-order valence-corrected chi connectivity index (χ4v) is 4.93. The van der Waals surface area contributed by atoms with E-state index in [1.807, 2.05) is 18.2 Å². The molecule has 0 aromatic heterocycles. The van der Waals surface area contributed by atoms with E-state index in [-0.39, 0.29) is 5.97 Å². The molecule has 0 atom stereocenters. The second-order valence-electron chi connectivity index (χ2n) is 11.6. The molecule has 0 aliphatic heterocycles. The first-order valence-electron chi connectivity index (χ1n) is 17.5. The van der Waals surface area contributed by atoms with Crippen molar-refractivity contribution >= 4 is 12.0 Å². The van der Waals surface area contributed by atoms with Gasteiger partial charge in [0, 0.05) is 6.08 Å². The first-order valence-corrected chi connectivity index (χ1v) is 17.5. The van der Waals surface area contributed by atoms with Crippen LogP contribution in [-0.4, -0.2) is 25.8 Å². The molecule has 1 rings (SSSR count). The van der Waals surface area contributed by atoms with Crippen LogP contribution in [0.4, 0.5) is 0 Å². The zero-order valence-corrected chi connectivity index (χ0v) is 27.2. The Kier molecular flexibility index (Phi) is 25.5. The number of unbranched alkanes of at least 4 members (excludes halogenated alkanes) is 19. The Balaban J connectivity index is 2.44. The fraction of sp³-hybridized carbons (Fsp3) is 0.757. The largest absolute Gasteiger partial charge is 0.490 e. The molecule has 0 amide bonds. The van der Waals surface area contributed by atoms with Crippen molar-refractivity contribution in [3.63, 3.8) is 0 Å². The molecular weight excluding hydrogens is 508 g/mol. The summed E-state index contributed by atoms with van der Waals surface area (Å²) in [5.74, 6) is 1.28. The first-order chi connectivity index (χ1) is 20.2. The maximum absolute atomic E-state index is 12.0. The van der Waals surface area contributed by atoms with Crippen LogP contribution in [0.5, 0.6) is 11.5 Å². The van der Waals surface area contributed by atoms with Crippen LogP contribution in [0.25, 0.3) is 6.08 Å². The van der Waals surface area contributed by atoms with E-state index < -0.39 is 0 Å². The molecule has 1 aromatic carbocycles. The molecule has 41 heavy (non-hydrogen) atoms. The van der Waals surface area contributed by atoms with Gasteiger partial charge in [-0.1, -0.05) is 149 Å². The maximum Gasteiger partial charge on any atom is 0.330 e. The van der Waals surface area contributed by atoms with Gasteiger partial charge in [0.15, 0.2) is 11.5 Å². The van der Waals surface area contributed by atoms with E-state index in [0.29, 0.717) is 19.8 Å². The summed E-state index contributed by atoms with van der Waals surface area (Å²) in [6.07, 6.45) is 31.4. The number of ether oxygens (including phenoxy) is 3. The lowest BCUT2D eigenvalue weighted by Crippen LogP contribution is -2.03. The van der Waals surface area contributed by atoms with Gasteiger partial charge >= 0.3 is 5.97 Å². The molecule has 4 nitrogen and oxygen atoms in total. The van der Waals surface area contributed by atoms with Gasteiger partial charge in [0.2, 0.25) is 0 Å². The van der Waals surface area contributed by atoms with Crippen LogP contribution >= 0.6 is 0 Å². The predicted octanol–water partition coefficient (Wildman–Crippen LogP) is 11.6. The second kappa shape index (κ2) is 28.2. The lowest BCUT2D eigenvalue weighted by atomic mass is 10.1. The highest BCUT2D eigenvalue weighted by molar-refractivity contribution is 5.87. The molecule has 0 saturated heterocycles. The van der Waals surface area contributed by atoms with E-state index in [1.54, 1.807) is 6.08 Å². The Morgan fingerprint density at radius 2 is 0.976 bits per heavy atom. The van der Waals surface area contributed by atoms with Crippen LogP contribution in [-0.2, 0) is 9.53 Å². The molecule has 0 spiro atoms. The van der Waals surface area contributed by atoms with Gasteiger partial charge in [0.25, 0.3) is 0 Å². The van der Waals surface area contributed by atoms with E-state index >= 15 is 0 Å². The standard InChI is InChI=1S/C37H64O4/c1-4-7-10-12-14-16-18-20-22-24-31-39-35-28-26-34(27-29-37(38)41-30-9-6-3)33-36(35)40-32-25-23-21-19-17-15-13-11-8-5-2/h26-29,33H,4-25,30-32H2,1-3H3. The predicted molar refractivity (Wildman–Crippen MR) is 176 cm³/mol. The van der Waals surface area contributed by atoms with Crippen molar-refractivity contribution in [3.8, 4) is 11.5 Å². The minimum Gasteiger partial charge on any atom is -0.490 e. The SMILES string of the molecule is CCCCCCCCCCCCOc1ccc(C=CC(=O)OCCCC)cc1OCCCCCCCCCCCC. The lowest BCUT2D eigenvalue weighted by molar-refractivity contribution is -0.137. The second-order valence-corrected chi connectivity index (χ2v) is 11.6. The molecule has 0 heterocycles. The molecule has 0 fully saturated rings. The third-order valence-corrected chi connectivity index (χ3v) is 7.63. The van der Waals surface area contributed by atoms with Crippen molar-refractivity contribution in [2.45, 2.75) is 162 Å². The number of esters is 1. The minimum atomic E-state index is -0.299. The molecule has 0 saturated carbocycles. The molecule has 0 bridgehead atoms. The minimum absolute atomic E-state index is 0.299. The molecule has 0 N–H and O–H groups in total. The van der Waals surface area contributed by atoms with Crippen LogP contribution in [0, 0.1) is 0 Å². The Labute approximate surface area is 254 Å². The Morgan fingerprint density at radius 1 is 0.537 bits per heavy atom. The van der Waals surface area contributed by atoms with Crippen LogP contribution in [0.2, 0.25) is 0 Å². The van der Waals surface area contributed by atoms with E-state index in [4.69, 9.17) is 14.2 Å². The number of rotatable bonds is 29. The van der Waals surface area contributed by atoms with Gasteiger partial charge in [-0.3, -0.25) is 0 Å². The molecule has 1 aromatic rings. The summed E-state index contributed by atoms with van der Waals surface area (Å²) >= 11 is 0. The summed E-state index contributed by atoms with van der Waals surface area (Å²) in [4.78, 5) is 12.0. The summed E-state index contributed by atoms with van der Waals surface area (Å²) in [6.45, 7) is 8.50. The molecule has 0 unspecified atom stereocenters. The molecule has 0 aliphatic rings. The van der Waals surface area contributed by atoms with Crippen LogP contribution < -0.4 is 9.47 Å². The highest BCUT2D eigenvalue weighted by atomic mass is 16.5. The number of hydrogen-bond donors (Lipinski definition) is 0. The molecule has 4 heteroatoms. The quantitative estimate of drug-likeness (QED) is 0.0544. The highest BCUT2D eigenvalue weighted by Gasteiger charge is 2.07. The molecule has 0 aliphatic carbocycles. The fourth-order valence-electron chi connectivity index (χ4n) is 4.93. The number of hydrogen-bond acceptors (Lipinski definition) is 4. The van der Waals surface area contributed by atoms with Gasteiger partial charge in [-0.05, 0) is 43.0 Å². The Bertz CT molecular complexity index is 757. The molecule has 0 radical (unpaired) electrons. The van der Waals surface area contributed by atoms with E-state index in [0.717, 1.165) is 42.7 Å². The number of carbonyl (C=O) groups is 1. The van der Waals surface area contributed by atoms with Gasteiger partial charge in [-0.15, -0.1) is 0 Å². The van der Waals surface area contributed by atoms with E-state index in [2.05, 4.69) is 20.8 Å². The normalized spacial score (nSPS) is 11.3. The van der Waals surface area contributed by atoms with Gasteiger partial charge < -0.3 is 14.2 Å². The maximum atomic E-state index is 12.0. The smallest absolute Gasteiger partial charge is 0.330 e. The van der Waals surface area contributed by atoms with E-state index in [9.17, 15) is 4.79 Å². The third kappa shape index (κ3) is 22.3. The summed E-state index contributed by atoms with van der Waals surface area (Å²) < 4.78 is 17.6. The van der Waals surface area contributed by atoms with E-state index in [1.165, 1.54) is 122 Å². The number of carbonyl (C=O) groups excluding carboxylic acids is 1. The summed E-state index contributed by atoms with van der Waals surface area (Å²) in [6, 6.07) is 5.95. The van der Waals surface area contributed by atoms with Crippen LogP contribution in [0.1, 0.15) is 168 Å². The van der Waals surface area contributed by atoms with Gasteiger partial charge in [0.1, 0.15) is 0 Å². The van der Waals surface area contributed by atoms with Gasteiger partial charge in [-0.2, -0.15) is 0 Å². The average Bonchev–Trinajstić information content (AvgIpc) is 2.98. The van der Waals surface area contributed by atoms with Crippen molar-refractivity contribution in [1.82, 2.24) is 0 Å². The summed E-state index contributed by atoms with van der Waals surface area (Å²) in [7, 11) is 0. The van der Waals surface area contributed by atoms with Crippen molar-refractivity contribution in [2.75, 3.05) is 19.8 Å². The first kappa shape index (κ1) is 37.1. The van der Waals surface area contributed by atoms with Crippen molar-refractivity contribution in [3.05, 3.63) is 29.8 Å². The van der Waals surface area contributed by atoms with Crippen LogP contribution in [0.3, 0.4) is 0 Å². The third-order valence-electron chi connectivity index (χ3n) is 7.63.